The van der Waals surface area contributed by atoms with E-state index < -0.39 is 0 Å². The molecule has 1 unspecified atom stereocenters. The number of carbonyl (C=O) groups is 2. The molecule has 34 heavy (non-hydrogen) atoms. The highest BCUT2D eigenvalue weighted by Gasteiger charge is 2.28. The molecule has 1 heterocycles. The maximum atomic E-state index is 13.2. The largest absolute Gasteiger partial charge is 0.497 e. The molecule has 5 heteroatoms. The van der Waals surface area contributed by atoms with Crippen LogP contribution in [0.15, 0.2) is 48.5 Å². The molecule has 0 saturated carbocycles. The molecule has 182 valence electrons. The zero-order chi connectivity index (χ0) is 25.1. The molecule has 1 atom stereocenters. The molecule has 2 aromatic carbocycles. The SMILES string of the molecule is COc1ccc2c(c1)C(=CC(=O)c1cccc(NC(=O)CC(C)CC(C)(C)C)c1)NC(C)(C)C2. The Labute approximate surface area is 204 Å². The third-order valence-electron chi connectivity index (χ3n) is 5.91. The third kappa shape index (κ3) is 6.96. The molecule has 1 aliphatic rings. The van der Waals surface area contributed by atoms with Gasteiger partial charge in [-0.05, 0) is 67.9 Å². The van der Waals surface area contributed by atoms with Crippen molar-refractivity contribution in [3.05, 3.63) is 65.2 Å². The van der Waals surface area contributed by atoms with Crippen LogP contribution in [0.3, 0.4) is 0 Å². The quantitative estimate of drug-likeness (QED) is 0.377. The minimum atomic E-state index is -0.173. The molecule has 1 amide bonds. The number of benzene rings is 2. The number of anilines is 1. The van der Waals surface area contributed by atoms with Crippen LogP contribution in [0.5, 0.6) is 5.75 Å². The number of ether oxygens (including phenoxy) is 1. The van der Waals surface area contributed by atoms with E-state index in [1.165, 1.54) is 5.56 Å². The molecule has 0 aliphatic carbocycles. The summed E-state index contributed by atoms with van der Waals surface area (Å²) in [7, 11) is 1.64. The Morgan fingerprint density at radius 3 is 2.59 bits per heavy atom. The Bertz CT molecular complexity index is 1090. The first-order valence-corrected chi connectivity index (χ1v) is 12.0. The summed E-state index contributed by atoms with van der Waals surface area (Å²) in [6.07, 6.45) is 3.93. The van der Waals surface area contributed by atoms with Gasteiger partial charge in [-0.15, -0.1) is 0 Å². The number of ketones is 1. The molecule has 2 N–H and O–H groups in total. The van der Waals surface area contributed by atoms with E-state index in [0.29, 0.717) is 17.7 Å². The summed E-state index contributed by atoms with van der Waals surface area (Å²) < 4.78 is 5.40. The molecule has 3 rings (SSSR count). The number of hydrogen-bond acceptors (Lipinski definition) is 4. The van der Waals surface area contributed by atoms with Gasteiger partial charge in [0, 0.05) is 40.5 Å². The fraction of sp³-hybridized carbons (Fsp3) is 0.448. The molecule has 1 aliphatic heterocycles. The number of hydrogen-bond donors (Lipinski definition) is 2. The second-order valence-electron chi connectivity index (χ2n) is 11.3. The number of fused-ring (bicyclic) bond motifs is 1. The van der Waals surface area contributed by atoms with Gasteiger partial charge in [0.15, 0.2) is 5.78 Å². The summed E-state index contributed by atoms with van der Waals surface area (Å²) >= 11 is 0. The minimum Gasteiger partial charge on any atom is -0.497 e. The van der Waals surface area contributed by atoms with E-state index in [1.807, 2.05) is 18.2 Å². The first kappa shape index (κ1) is 25.5. The van der Waals surface area contributed by atoms with Crippen LogP contribution in [-0.4, -0.2) is 24.3 Å². The first-order valence-electron chi connectivity index (χ1n) is 12.0. The van der Waals surface area contributed by atoms with Crippen LogP contribution in [-0.2, 0) is 11.2 Å². The van der Waals surface area contributed by atoms with Crippen LogP contribution in [0.2, 0.25) is 0 Å². The predicted molar refractivity (Wildman–Crippen MR) is 139 cm³/mol. The normalized spacial score (nSPS) is 16.9. The van der Waals surface area contributed by atoms with Crippen molar-refractivity contribution in [2.75, 3.05) is 12.4 Å². The minimum absolute atomic E-state index is 0.0311. The Morgan fingerprint density at radius 2 is 1.91 bits per heavy atom. The van der Waals surface area contributed by atoms with E-state index in [4.69, 9.17) is 4.74 Å². The van der Waals surface area contributed by atoms with Gasteiger partial charge in [0.2, 0.25) is 5.91 Å². The first-order chi connectivity index (χ1) is 15.8. The van der Waals surface area contributed by atoms with Gasteiger partial charge in [-0.2, -0.15) is 0 Å². The average Bonchev–Trinajstić information content (AvgIpc) is 2.71. The molecule has 0 spiro atoms. The Morgan fingerprint density at radius 1 is 1.18 bits per heavy atom. The van der Waals surface area contributed by atoms with Gasteiger partial charge < -0.3 is 15.4 Å². The van der Waals surface area contributed by atoms with E-state index in [2.05, 4.69) is 58.2 Å². The summed E-state index contributed by atoms with van der Waals surface area (Å²) in [5.74, 6) is 0.888. The van der Waals surface area contributed by atoms with Crippen molar-refractivity contribution in [3.8, 4) is 5.75 Å². The molecule has 0 bridgehead atoms. The summed E-state index contributed by atoms with van der Waals surface area (Å²) in [5, 5.41) is 6.46. The molecule has 2 aromatic rings. The van der Waals surface area contributed by atoms with Crippen molar-refractivity contribution in [2.45, 2.75) is 66.3 Å². The van der Waals surface area contributed by atoms with Crippen LogP contribution >= 0.6 is 0 Å². The lowest BCUT2D eigenvalue weighted by molar-refractivity contribution is -0.117. The predicted octanol–water partition coefficient (Wildman–Crippen LogP) is 6.24. The Hall–Kier alpha value is -3.08. The molecule has 0 fully saturated rings. The molecule has 0 aromatic heterocycles. The van der Waals surface area contributed by atoms with Crippen molar-refractivity contribution in [3.63, 3.8) is 0 Å². The van der Waals surface area contributed by atoms with Gasteiger partial charge in [0.05, 0.1) is 7.11 Å². The fourth-order valence-electron chi connectivity index (χ4n) is 4.76. The number of nitrogens with one attached hydrogen (secondary N) is 2. The van der Waals surface area contributed by atoms with Crippen LogP contribution in [0.4, 0.5) is 5.69 Å². The van der Waals surface area contributed by atoms with Gasteiger partial charge in [0.25, 0.3) is 0 Å². The van der Waals surface area contributed by atoms with E-state index in [9.17, 15) is 9.59 Å². The lowest BCUT2D eigenvalue weighted by Gasteiger charge is -2.35. The van der Waals surface area contributed by atoms with Crippen molar-refractivity contribution in [1.29, 1.82) is 0 Å². The van der Waals surface area contributed by atoms with Gasteiger partial charge >= 0.3 is 0 Å². The lowest BCUT2D eigenvalue weighted by atomic mass is 9.84. The second kappa shape index (κ2) is 10.0. The monoisotopic (exact) mass is 462 g/mol. The maximum absolute atomic E-state index is 13.2. The van der Waals surface area contributed by atoms with Crippen LogP contribution in [0, 0.1) is 11.3 Å². The maximum Gasteiger partial charge on any atom is 0.224 e. The van der Waals surface area contributed by atoms with Crippen molar-refractivity contribution < 1.29 is 14.3 Å². The van der Waals surface area contributed by atoms with Crippen LogP contribution < -0.4 is 15.4 Å². The molecular formula is C29H38N2O3. The van der Waals surface area contributed by atoms with Crippen molar-refractivity contribution in [1.82, 2.24) is 5.32 Å². The number of carbonyl (C=O) groups excluding carboxylic acids is 2. The van der Waals surface area contributed by atoms with Gasteiger partial charge in [-0.25, -0.2) is 0 Å². The molecule has 0 radical (unpaired) electrons. The topological polar surface area (TPSA) is 67.4 Å². The van der Waals surface area contributed by atoms with Gasteiger partial charge in [-0.3, -0.25) is 9.59 Å². The fourth-order valence-corrected chi connectivity index (χ4v) is 4.76. The number of amides is 1. The summed E-state index contributed by atoms with van der Waals surface area (Å²) in [6.45, 7) is 12.9. The van der Waals surface area contributed by atoms with Crippen LogP contribution in [0.25, 0.3) is 5.70 Å². The average molecular weight is 463 g/mol. The molecule has 0 saturated heterocycles. The molecule has 5 nitrogen and oxygen atoms in total. The summed E-state index contributed by atoms with van der Waals surface area (Å²) in [4.78, 5) is 25.7. The smallest absolute Gasteiger partial charge is 0.224 e. The third-order valence-corrected chi connectivity index (χ3v) is 5.91. The van der Waals surface area contributed by atoms with E-state index in [1.54, 1.807) is 31.4 Å². The van der Waals surface area contributed by atoms with Crippen molar-refractivity contribution >= 4 is 23.1 Å². The van der Waals surface area contributed by atoms with Gasteiger partial charge in [-0.1, -0.05) is 45.9 Å². The van der Waals surface area contributed by atoms with Crippen molar-refractivity contribution in [2.24, 2.45) is 11.3 Å². The number of rotatable bonds is 7. The zero-order valence-corrected chi connectivity index (χ0v) is 21.5. The van der Waals surface area contributed by atoms with Gasteiger partial charge in [0.1, 0.15) is 5.75 Å². The Balaban J connectivity index is 1.78. The highest BCUT2D eigenvalue weighted by molar-refractivity contribution is 6.09. The Kier molecular flexibility index (Phi) is 7.54. The standard InChI is InChI=1S/C29H38N2O3/c1-19(17-28(2,3)4)13-27(33)30-22-10-8-9-20(14-22)26(32)16-25-24-15-23(34-7)12-11-21(24)18-29(5,6)31-25/h8-12,14-16,19,31H,13,17-18H2,1-7H3,(H,30,33). The highest BCUT2D eigenvalue weighted by Crippen LogP contribution is 2.32. The second-order valence-corrected chi connectivity index (χ2v) is 11.3. The number of methoxy groups -OCH3 is 1. The molecular weight excluding hydrogens is 424 g/mol. The summed E-state index contributed by atoms with van der Waals surface area (Å²) in [6, 6.07) is 13.1. The number of allylic oxidation sites excluding steroid dienone is 1. The highest BCUT2D eigenvalue weighted by atomic mass is 16.5. The summed E-state index contributed by atoms with van der Waals surface area (Å²) in [5.41, 5.74) is 4.11. The van der Waals surface area contributed by atoms with E-state index in [-0.39, 0.29) is 28.6 Å². The zero-order valence-electron chi connectivity index (χ0n) is 21.5. The van der Waals surface area contributed by atoms with E-state index in [0.717, 1.165) is 29.9 Å². The lowest BCUT2D eigenvalue weighted by Crippen LogP contribution is -2.43. The van der Waals surface area contributed by atoms with E-state index >= 15 is 0 Å². The van der Waals surface area contributed by atoms with Crippen LogP contribution in [0.1, 0.15) is 75.9 Å².